The van der Waals surface area contributed by atoms with Gasteiger partial charge in [0.25, 0.3) is 11.1 Å². The summed E-state index contributed by atoms with van der Waals surface area (Å²) in [6.45, 7) is 2.63. The molecule has 20 heteroatoms. The van der Waals surface area contributed by atoms with Crippen LogP contribution >= 0.6 is 15.6 Å². The molecule has 2 aromatic heterocycles. The quantitative estimate of drug-likeness (QED) is 0.201. The Morgan fingerprint density at radius 2 is 1.10 bits per heavy atom. The molecule has 40 heavy (non-hydrogen) atoms. The molecule has 0 radical (unpaired) electrons. The molecule has 0 unspecified atom stereocenters. The van der Waals surface area contributed by atoms with E-state index in [1.54, 1.807) is 13.8 Å². The van der Waals surface area contributed by atoms with E-state index in [9.17, 15) is 28.3 Å². The molecule has 6 N–H and O–H groups in total. The highest BCUT2D eigenvalue weighted by Crippen LogP contribution is 2.38. The Bertz CT molecular complexity index is 1400. The second kappa shape index (κ2) is 13.0. The van der Waals surface area contributed by atoms with E-state index in [2.05, 4.69) is 19.0 Å². The lowest BCUT2D eigenvalue weighted by Gasteiger charge is -2.16. The molecule has 224 valence electrons. The smallest absolute Gasteiger partial charge is 0.352 e. The van der Waals surface area contributed by atoms with Crippen LogP contribution in [0.5, 0.6) is 0 Å². The SMILES string of the molecule is Cc1cn([C@H]2CC[C@@H](COP(=O)(O)O)O2)c(=O)[nH]c1=O.Cc1cn([C@H]2CC[C@@H](COP(=O)(O)O)O2)c(=O)[nH]c1=O. The van der Waals surface area contributed by atoms with Gasteiger partial charge in [0.05, 0.1) is 25.4 Å². The molecule has 4 heterocycles. The molecule has 18 nitrogen and oxygen atoms in total. The molecule has 2 saturated heterocycles. The summed E-state index contributed by atoms with van der Waals surface area (Å²) in [7, 11) is -9.06. The van der Waals surface area contributed by atoms with Gasteiger partial charge >= 0.3 is 27.0 Å². The number of aromatic nitrogens is 4. The van der Waals surface area contributed by atoms with Crippen LogP contribution in [0.15, 0.2) is 31.6 Å². The van der Waals surface area contributed by atoms with Gasteiger partial charge in [0, 0.05) is 23.5 Å². The number of phosphoric acid groups is 2. The van der Waals surface area contributed by atoms with E-state index in [4.69, 9.17) is 29.0 Å². The van der Waals surface area contributed by atoms with Crippen LogP contribution in [-0.2, 0) is 27.7 Å². The Labute approximate surface area is 225 Å². The van der Waals surface area contributed by atoms with Gasteiger partial charge in [-0.3, -0.25) is 37.7 Å². The molecule has 4 atom stereocenters. The maximum Gasteiger partial charge on any atom is 0.469 e. The molecule has 0 aromatic carbocycles. The van der Waals surface area contributed by atoms with E-state index in [1.807, 2.05) is 0 Å². The summed E-state index contributed by atoms with van der Waals surface area (Å²) in [6, 6.07) is 0. The lowest BCUT2D eigenvalue weighted by atomic mass is 10.2. The van der Waals surface area contributed by atoms with Gasteiger partial charge < -0.3 is 29.0 Å². The van der Waals surface area contributed by atoms with E-state index in [0.717, 1.165) is 0 Å². The van der Waals surface area contributed by atoms with Crippen molar-refractivity contribution in [1.82, 2.24) is 19.1 Å². The molecule has 0 saturated carbocycles. The fourth-order valence-electron chi connectivity index (χ4n) is 3.99. The van der Waals surface area contributed by atoms with Crippen molar-refractivity contribution < 1.29 is 47.2 Å². The molecule has 0 bridgehead atoms. The first-order valence-corrected chi connectivity index (χ1v) is 14.9. The maximum absolute atomic E-state index is 11.7. The number of hydrogen-bond acceptors (Lipinski definition) is 10. The number of aryl methyl sites for hydroxylation is 2. The van der Waals surface area contributed by atoms with Gasteiger partial charge in [-0.1, -0.05) is 0 Å². The standard InChI is InChI=1S/2C10H15N2O7P/c2*1-6-4-12(10(14)11-9(6)13)8-3-2-7(19-8)5-18-20(15,16)17/h2*4,7-8H,2-3,5H2,1H3,(H,11,13,14)(H2,15,16,17)/t2*7-,8+/m00/s1. The van der Waals surface area contributed by atoms with E-state index < -0.39 is 62.8 Å². The van der Waals surface area contributed by atoms with Crippen molar-refractivity contribution >= 4 is 15.6 Å². The fraction of sp³-hybridized carbons (Fsp3) is 0.600. The minimum absolute atomic E-state index is 0.252. The number of aromatic amines is 2. The van der Waals surface area contributed by atoms with Crippen LogP contribution in [-0.4, -0.2) is 64.1 Å². The van der Waals surface area contributed by atoms with Crippen LogP contribution in [0.4, 0.5) is 0 Å². The van der Waals surface area contributed by atoms with Gasteiger partial charge in [-0.05, 0) is 39.5 Å². The second-order valence-electron chi connectivity index (χ2n) is 9.11. The van der Waals surface area contributed by atoms with Crippen molar-refractivity contribution in [2.24, 2.45) is 0 Å². The zero-order valence-electron chi connectivity index (χ0n) is 21.4. The second-order valence-corrected chi connectivity index (χ2v) is 11.6. The third-order valence-corrected chi connectivity index (χ3v) is 6.91. The molecule has 2 fully saturated rings. The van der Waals surface area contributed by atoms with Crippen molar-refractivity contribution in [3.8, 4) is 0 Å². The van der Waals surface area contributed by atoms with E-state index in [1.165, 1.54) is 21.5 Å². The molecule has 0 aliphatic carbocycles. The molecule has 0 spiro atoms. The minimum Gasteiger partial charge on any atom is -0.352 e. The van der Waals surface area contributed by atoms with Gasteiger partial charge in [0.1, 0.15) is 12.5 Å². The van der Waals surface area contributed by atoms with Crippen molar-refractivity contribution in [2.45, 2.75) is 64.2 Å². The van der Waals surface area contributed by atoms with Crippen molar-refractivity contribution in [1.29, 1.82) is 0 Å². The average Bonchev–Trinajstić information content (AvgIpc) is 3.50. The zero-order chi connectivity index (χ0) is 29.8. The number of rotatable bonds is 8. The summed E-state index contributed by atoms with van der Waals surface area (Å²) >= 11 is 0. The van der Waals surface area contributed by atoms with Gasteiger partial charge in [-0.15, -0.1) is 0 Å². The van der Waals surface area contributed by atoms with E-state index in [-0.39, 0.29) is 13.2 Å². The average molecular weight is 612 g/mol. The maximum atomic E-state index is 11.7. The van der Waals surface area contributed by atoms with Gasteiger partial charge in [-0.2, -0.15) is 0 Å². The highest BCUT2D eigenvalue weighted by molar-refractivity contribution is 7.46. The van der Waals surface area contributed by atoms with Crippen molar-refractivity contribution in [3.63, 3.8) is 0 Å². The first kappa shape index (κ1) is 32.0. The molecule has 2 aromatic rings. The zero-order valence-corrected chi connectivity index (χ0v) is 23.2. The first-order chi connectivity index (χ1) is 18.5. The molecule has 4 rings (SSSR count). The number of nitrogens with one attached hydrogen (secondary N) is 2. The number of phosphoric ester groups is 2. The lowest BCUT2D eigenvalue weighted by Crippen LogP contribution is -2.33. The number of ether oxygens (including phenoxy) is 2. The van der Waals surface area contributed by atoms with Crippen LogP contribution in [0.3, 0.4) is 0 Å². The van der Waals surface area contributed by atoms with E-state index >= 15 is 0 Å². The minimum atomic E-state index is -4.53. The van der Waals surface area contributed by atoms with E-state index in [0.29, 0.717) is 36.8 Å². The lowest BCUT2D eigenvalue weighted by molar-refractivity contribution is -0.0244. The molecular weight excluding hydrogens is 582 g/mol. The molecule has 2 aliphatic heterocycles. The summed E-state index contributed by atoms with van der Waals surface area (Å²) in [6.07, 6.45) is 2.59. The van der Waals surface area contributed by atoms with Crippen LogP contribution in [0, 0.1) is 13.8 Å². The Balaban J connectivity index is 0.000000220. The molecule has 0 amide bonds. The monoisotopic (exact) mass is 612 g/mol. The highest BCUT2D eigenvalue weighted by atomic mass is 31.2. The first-order valence-electron chi connectivity index (χ1n) is 11.9. The third-order valence-electron chi connectivity index (χ3n) is 5.94. The number of hydrogen-bond donors (Lipinski definition) is 6. The Hall–Kier alpha value is -2.50. The Morgan fingerprint density at radius 3 is 1.43 bits per heavy atom. The summed E-state index contributed by atoms with van der Waals surface area (Å²) in [5.74, 6) is 0. The third kappa shape index (κ3) is 9.27. The predicted molar refractivity (Wildman–Crippen MR) is 134 cm³/mol. The topological polar surface area (TPSA) is 262 Å². The number of nitrogens with zero attached hydrogens (tertiary/aromatic N) is 2. The molecular formula is C20H30N4O14P2. The van der Waals surface area contributed by atoms with Gasteiger partial charge in [0.15, 0.2) is 0 Å². The van der Waals surface area contributed by atoms with Crippen molar-refractivity contribution in [3.05, 3.63) is 65.2 Å². The molecule has 2 aliphatic rings. The van der Waals surface area contributed by atoms with Gasteiger partial charge in [-0.25, -0.2) is 18.7 Å². The predicted octanol–water partition coefficient (Wildman–Crippen LogP) is -0.736. The normalized spacial score (nSPS) is 23.1. The van der Waals surface area contributed by atoms with Gasteiger partial charge in [0.2, 0.25) is 0 Å². The largest absolute Gasteiger partial charge is 0.469 e. The van der Waals surface area contributed by atoms with Crippen LogP contribution in [0.25, 0.3) is 0 Å². The van der Waals surface area contributed by atoms with Crippen LogP contribution < -0.4 is 22.5 Å². The summed E-state index contributed by atoms with van der Waals surface area (Å²) in [5.41, 5.74) is -1.31. The summed E-state index contributed by atoms with van der Waals surface area (Å²) in [4.78, 5) is 84.7. The summed E-state index contributed by atoms with van der Waals surface area (Å²) < 4.78 is 43.4. The highest BCUT2D eigenvalue weighted by Gasteiger charge is 2.31. The fourth-order valence-corrected chi connectivity index (χ4v) is 4.71. The Morgan fingerprint density at radius 1 is 0.750 bits per heavy atom. The Kier molecular flexibility index (Phi) is 10.4. The number of H-pyrrole nitrogens is 2. The van der Waals surface area contributed by atoms with Crippen LogP contribution in [0.1, 0.15) is 49.3 Å². The van der Waals surface area contributed by atoms with Crippen molar-refractivity contribution in [2.75, 3.05) is 13.2 Å². The summed E-state index contributed by atoms with van der Waals surface area (Å²) in [5, 5.41) is 0. The van der Waals surface area contributed by atoms with Crippen LogP contribution in [0.2, 0.25) is 0 Å².